The molecule has 136 valence electrons. The molecule has 26 heavy (non-hydrogen) atoms. The fourth-order valence-electron chi connectivity index (χ4n) is 2.30. The SMILES string of the molecule is CN=C(N)NC(=O)c1cc2c(Cl)ccc(Oc3ccccc3N)c2[nH]1.Cl. The monoisotopic (exact) mass is 393 g/mol. The Morgan fingerprint density at radius 1 is 1.23 bits per heavy atom. The molecule has 1 aromatic heterocycles. The number of benzene rings is 2. The zero-order valence-electron chi connectivity index (χ0n) is 13.7. The topological polar surface area (TPSA) is 119 Å². The minimum absolute atomic E-state index is 0. The number of fused-ring (bicyclic) bond motifs is 1. The van der Waals surface area contributed by atoms with Crippen molar-refractivity contribution in [3.63, 3.8) is 0 Å². The van der Waals surface area contributed by atoms with Crippen LogP contribution in [0.5, 0.6) is 11.5 Å². The van der Waals surface area contributed by atoms with Crippen molar-refractivity contribution >= 4 is 52.5 Å². The van der Waals surface area contributed by atoms with Crippen LogP contribution in [0, 0.1) is 0 Å². The molecule has 7 nitrogen and oxygen atoms in total. The van der Waals surface area contributed by atoms with Crippen molar-refractivity contribution in [1.82, 2.24) is 10.3 Å². The van der Waals surface area contributed by atoms with Crippen LogP contribution < -0.4 is 21.5 Å². The molecule has 0 radical (unpaired) electrons. The fourth-order valence-corrected chi connectivity index (χ4v) is 2.51. The molecule has 0 unspecified atom stereocenters. The minimum Gasteiger partial charge on any atom is -0.453 e. The Hall–Kier alpha value is -2.90. The number of nitrogens with one attached hydrogen (secondary N) is 2. The number of hydrogen-bond donors (Lipinski definition) is 4. The molecule has 2 aromatic carbocycles. The average Bonchev–Trinajstić information content (AvgIpc) is 3.05. The summed E-state index contributed by atoms with van der Waals surface area (Å²) in [4.78, 5) is 18.9. The summed E-state index contributed by atoms with van der Waals surface area (Å²) < 4.78 is 5.88. The Morgan fingerprint density at radius 2 is 1.96 bits per heavy atom. The van der Waals surface area contributed by atoms with Gasteiger partial charge in [0, 0.05) is 12.4 Å². The Balaban J connectivity index is 0.00000243. The summed E-state index contributed by atoms with van der Waals surface area (Å²) in [6.45, 7) is 0. The van der Waals surface area contributed by atoms with Gasteiger partial charge in [-0.25, -0.2) is 0 Å². The number of amides is 1. The van der Waals surface area contributed by atoms with Crippen LogP contribution >= 0.6 is 24.0 Å². The zero-order valence-corrected chi connectivity index (χ0v) is 15.3. The first-order chi connectivity index (χ1) is 12.0. The average molecular weight is 394 g/mol. The van der Waals surface area contributed by atoms with Crippen LogP contribution in [0.4, 0.5) is 5.69 Å². The largest absolute Gasteiger partial charge is 0.453 e. The smallest absolute Gasteiger partial charge is 0.274 e. The second-order valence-corrected chi connectivity index (χ2v) is 5.63. The van der Waals surface area contributed by atoms with Gasteiger partial charge in [0.2, 0.25) is 0 Å². The van der Waals surface area contributed by atoms with Crippen molar-refractivity contribution < 1.29 is 9.53 Å². The minimum atomic E-state index is -0.430. The molecule has 9 heteroatoms. The third-order valence-electron chi connectivity index (χ3n) is 3.57. The molecule has 0 saturated carbocycles. The number of aromatic nitrogens is 1. The molecular weight excluding hydrogens is 377 g/mol. The van der Waals surface area contributed by atoms with Crippen molar-refractivity contribution in [3.05, 3.63) is 53.2 Å². The number of hydrogen-bond acceptors (Lipinski definition) is 4. The Kier molecular flexibility index (Phi) is 5.97. The van der Waals surface area contributed by atoms with Crippen LogP contribution in [0.2, 0.25) is 5.02 Å². The number of guanidine groups is 1. The van der Waals surface area contributed by atoms with Crippen LogP contribution in [0.25, 0.3) is 10.9 Å². The summed E-state index contributed by atoms with van der Waals surface area (Å²) in [5.41, 5.74) is 12.8. The molecule has 1 heterocycles. The molecule has 0 aliphatic carbocycles. The highest BCUT2D eigenvalue weighted by Gasteiger charge is 2.16. The van der Waals surface area contributed by atoms with Gasteiger partial charge in [0.15, 0.2) is 11.7 Å². The molecule has 0 bridgehead atoms. The summed E-state index contributed by atoms with van der Waals surface area (Å²) >= 11 is 6.23. The Bertz CT molecular complexity index is 984. The lowest BCUT2D eigenvalue weighted by Crippen LogP contribution is -2.36. The summed E-state index contributed by atoms with van der Waals surface area (Å²) in [7, 11) is 1.48. The van der Waals surface area contributed by atoms with Crippen molar-refractivity contribution in [2.75, 3.05) is 12.8 Å². The van der Waals surface area contributed by atoms with E-state index in [-0.39, 0.29) is 24.1 Å². The van der Waals surface area contributed by atoms with Crippen molar-refractivity contribution in [1.29, 1.82) is 0 Å². The van der Waals surface area contributed by atoms with Crippen LogP contribution in [0.1, 0.15) is 10.5 Å². The standard InChI is InChI=1S/C17H16ClN5O2.ClH/c1-21-17(20)23-16(24)12-8-9-10(18)6-7-14(15(9)22-12)25-13-5-3-2-4-11(13)19;/h2-8,22H,19H2,1H3,(H3,20,21,23,24);1H. The van der Waals surface area contributed by atoms with E-state index in [9.17, 15) is 4.79 Å². The first-order valence-electron chi connectivity index (χ1n) is 7.36. The second-order valence-electron chi connectivity index (χ2n) is 5.22. The number of para-hydroxylation sites is 2. The normalized spacial score (nSPS) is 11.1. The third-order valence-corrected chi connectivity index (χ3v) is 3.90. The van der Waals surface area contributed by atoms with Crippen molar-refractivity contribution in [2.45, 2.75) is 0 Å². The van der Waals surface area contributed by atoms with Gasteiger partial charge >= 0.3 is 0 Å². The number of nitrogen functional groups attached to an aromatic ring is 1. The van der Waals surface area contributed by atoms with Gasteiger partial charge in [0.25, 0.3) is 5.91 Å². The molecule has 0 aliphatic heterocycles. The highest BCUT2D eigenvalue weighted by atomic mass is 35.5. The van der Waals surface area contributed by atoms with E-state index in [1.807, 2.05) is 12.1 Å². The Labute approximate surface area is 160 Å². The molecule has 0 atom stereocenters. The molecule has 0 aliphatic rings. The number of carbonyl (C=O) groups is 1. The molecular formula is C17H17Cl2N5O2. The number of aliphatic imine (C=N–C) groups is 1. The van der Waals surface area contributed by atoms with Gasteiger partial charge in [0.05, 0.1) is 16.2 Å². The van der Waals surface area contributed by atoms with Crippen LogP contribution in [-0.4, -0.2) is 23.9 Å². The van der Waals surface area contributed by atoms with Crippen molar-refractivity contribution in [3.8, 4) is 11.5 Å². The number of nitrogens with zero attached hydrogens (tertiary/aromatic N) is 1. The predicted octanol–water partition coefficient (Wildman–Crippen LogP) is 3.29. The fraction of sp³-hybridized carbons (Fsp3) is 0.0588. The number of ether oxygens (including phenoxy) is 1. The first-order valence-corrected chi connectivity index (χ1v) is 7.74. The van der Waals surface area contributed by atoms with Crippen LogP contribution in [0.15, 0.2) is 47.5 Å². The number of carbonyl (C=O) groups excluding carboxylic acids is 1. The lowest BCUT2D eigenvalue weighted by molar-refractivity contribution is 0.0972. The molecule has 3 aromatic rings. The molecule has 0 spiro atoms. The van der Waals surface area contributed by atoms with E-state index in [1.165, 1.54) is 7.05 Å². The van der Waals surface area contributed by atoms with Crippen molar-refractivity contribution in [2.24, 2.45) is 10.7 Å². The first kappa shape index (κ1) is 19.4. The Morgan fingerprint density at radius 3 is 2.65 bits per heavy atom. The van der Waals surface area contributed by atoms with Crippen LogP contribution in [0.3, 0.4) is 0 Å². The van der Waals surface area contributed by atoms with E-state index in [0.29, 0.717) is 33.1 Å². The van der Waals surface area contributed by atoms with E-state index in [1.54, 1.807) is 30.3 Å². The number of aromatic amines is 1. The van der Waals surface area contributed by atoms with Crippen LogP contribution in [-0.2, 0) is 0 Å². The molecule has 0 saturated heterocycles. The van der Waals surface area contributed by atoms with E-state index < -0.39 is 5.91 Å². The molecule has 0 fully saturated rings. The van der Waals surface area contributed by atoms with Gasteiger partial charge in [-0.15, -0.1) is 12.4 Å². The highest BCUT2D eigenvalue weighted by molar-refractivity contribution is 6.36. The zero-order chi connectivity index (χ0) is 18.0. The van der Waals surface area contributed by atoms with E-state index in [2.05, 4.69) is 15.3 Å². The molecule has 6 N–H and O–H groups in total. The third kappa shape index (κ3) is 3.84. The maximum Gasteiger partial charge on any atom is 0.274 e. The summed E-state index contributed by atoms with van der Waals surface area (Å²) in [6.07, 6.45) is 0. The van der Waals surface area contributed by atoms with Gasteiger partial charge < -0.3 is 21.2 Å². The number of H-pyrrole nitrogens is 1. The van der Waals surface area contributed by atoms with Gasteiger partial charge in [0.1, 0.15) is 11.4 Å². The maximum absolute atomic E-state index is 12.2. The van der Waals surface area contributed by atoms with E-state index >= 15 is 0 Å². The summed E-state index contributed by atoms with van der Waals surface area (Å²) in [6, 6.07) is 12.1. The summed E-state index contributed by atoms with van der Waals surface area (Å²) in [5, 5.41) is 3.58. The number of rotatable bonds is 3. The number of anilines is 1. The lowest BCUT2D eigenvalue weighted by atomic mass is 10.2. The van der Waals surface area contributed by atoms with Gasteiger partial charge in [-0.2, -0.15) is 0 Å². The van der Waals surface area contributed by atoms with Gasteiger partial charge in [-0.1, -0.05) is 23.7 Å². The molecule has 1 amide bonds. The highest BCUT2D eigenvalue weighted by Crippen LogP contribution is 2.35. The quantitative estimate of drug-likeness (QED) is 0.310. The second kappa shape index (κ2) is 7.99. The van der Waals surface area contributed by atoms with E-state index in [0.717, 1.165) is 0 Å². The predicted molar refractivity (Wildman–Crippen MR) is 106 cm³/mol. The number of nitrogens with two attached hydrogens (primary N) is 2. The molecule has 3 rings (SSSR count). The summed E-state index contributed by atoms with van der Waals surface area (Å²) in [5.74, 6) is 0.589. The number of halogens is 2. The lowest BCUT2D eigenvalue weighted by Gasteiger charge is -2.09. The van der Waals surface area contributed by atoms with E-state index in [4.69, 9.17) is 27.8 Å². The van der Waals surface area contributed by atoms with Gasteiger partial charge in [-0.05, 0) is 30.3 Å². The van der Waals surface area contributed by atoms with Gasteiger partial charge in [-0.3, -0.25) is 15.1 Å². The maximum atomic E-state index is 12.2.